The molecular formula is C30H34N6O6. The van der Waals surface area contributed by atoms with Crippen molar-refractivity contribution in [1.29, 1.82) is 0 Å². The lowest BCUT2D eigenvalue weighted by Crippen LogP contribution is -2.37. The van der Waals surface area contributed by atoms with Crippen molar-refractivity contribution in [3.8, 4) is 11.1 Å². The fourth-order valence-electron chi connectivity index (χ4n) is 4.79. The van der Waals surface area contributed by atoms with E-state index in [1.807, 2.05) is 62.5 Å². The van der Waals surface area contributed by atoms with Crippen LogP contribution in [0.25, 0.3) is 11.1 Å². The summed E-state index contributed by atoms with van der Waals surface area (Å²) in [6.45, 7) is 6.76. The van der Waals surface area contributed by atoms with Crippen molar-refractivity contribution in [3.05, 3.63) is 99.0 Å². The third-order valence-corrected chi connectivity index (χ3v) is 6.84. The molecule has 3 heterocycles. The fourth-order valence-corrected chi connectivity index (χ4v) is 4.79. The number of hydrazine groups is 2. The average Bonchev–Trinajstić information content (AvgIpc) is 3.64. The molecule has 0 aliphatic carbocycles. The van der Waals surface area contributed by atoms with E-state index in [0.29, 0.717) is 24.6 Å². The van der Waals surface area contributed by atoms with Gasteiger partial charge in [-0.25, -0.2) is 20.1 Å². The minimum Gasteiger partial charge on any atom is -0.453 e. The zero-order chi connectivity index (χ0) is 30.0. The number of aryl methyl sites for hydroxylation is 2. The van der Waals surface area contributed by atoms with E-state index >= 15 is 0 Å². The van der Waals surface area contributed by atoms with Crippen LogP contribution < -0.4 is 16.8 Å². The molecule has 0 spiro atoms. The molecule has 2 aromatic carbocycles. The van der Waals surface area contributed by atoms with E-state index in [1.165, 1.54) is 0 Å². The number of aromatic nitrogens is 2. The van der Waals surface area contributed by atoms with Gasteiger partial charge in [0.05, 0.1) is 0 Å². The van der Waals surface area contributed by atoms with Gasteiger partial charge in [-0.2, -0.15) is 0 Å². The van der Waals surface area contributed by atoms with Crippen molar-refractivity contribution in [3.63, 3.8) is 0 Å². The smallest absolute Gasteiger partial charge is 0.453 e. The summed E-state index contributed by atoms with van der Waals surface area (Å²) in [4.78, 5) is 29.6. The summed E-state index contributed by atoms with van der Waals surface area (Å²) in [5, 5.41) is 17.0. The first-order valence-corrected chi connectivity index (χ1v) is 13.7. The number of hydrogen-bond donors (Lipinski definition) is 3. The van der Waals surface area contributed by atoms with Crippen LogP contribution in [0, 0.1) is 6.92 Å². The van der Waals surface area contributed by atoms with Gasteiger partial charge >= 0.3 is 11.8 Å². The minimum absolute atomic E-state index is 0.120. The SMILES string of the molecule is CCCc1nc(C(C)(C)O)c(C(=O)OCc2oc(=O)oc2C)n1Cc1ccc(-c2ccccc2C2=NNN(C)N2)cc1. The van der Waals surface area contributed by atoms with E-state index in [1.54, 1.807) is 30.5 Å². The molecule has 0 saturated heterocycles. The Morgan fingerprint density at radius 1 is 1.10 bits per heavy atom. The lowest BCUT2D eigenvalue weighted by atomic mass is 9.98. The van der Waals surface area contributed by atoms with Gasteiger partial charge < -0.3 is 23.2 Å². The molecule has 0 saturated carbocycles. The maximum absolute atomic E-state index is 13.5. The largest absolute Gasteiger partial charge is 0.519 e. The van der Waals surface area contributed by atoms with Crippen LogP contribution in [0.3, 0.4) is 0 Å². The van der Waals surface area contributed by atoms with Gasteiger partial charge in [-0.1, -0.05) is 55.5 Å². The van der Waals surface area contributed by atoms with Gasteiger partial charge in [-0.3, -0.25) is 5.43 Å². The monoisotopic (exact) mass is 574 g/mol. The maximum atomic E-state index is 13.5. The lowest BCUT2D eigenvalue weighted by Gasteiger charge is -2.18. The normalized spacial score (nSPS) is 13.5. The van der Waals surface area contributed by atoms with Crippen LogP contribution in [0.2, 0.25) is 0 Å². The van der Waals surface area contributed by atoms with Gasteiger partial charge in [0.15, 0.2) is 29.7 Å². The first-order chi connectivity index (χ1) is 20.0. The number of carbonyl (C=O) groups is 1. The zero-order valence-electron chi connectivity index (χ0n) is 24.2. The molecule has 42 heavy (non-hydrogen) atoms. The Morgan fingerprint density at radius 3 is 2.40 bits per heavy atom. The van der Waals surface area contributed by atoms with E-state index in [9.17, 15) is 14.7 Å². The molecule has 4 aromatic rings. The van der Waals surface area contributed by atoms with Crippen LogP contribution in [0.15, 0.2) is 67.3 Å². The Morgan fingerprint density at radius 2 is 1.81 bits per heavy atom. The number of ether oxygens (including phenoxy) is 1. The van der Waals surface area contributed by atoms with E-state index < -0.39 is 17.4 Å². The second-order valence-electron chi connectivity index (χ2n) is 10.6. The van der Waals surface area contributed by atoms with Crippen LogP contribution in [0.5, 0.6) is 0 Å². The summed E-state index contributed by atoms with van der Waals surface area (Å²) in [6.07, 6.45) is 1.38. The number of imidazole rings is 1. The first kappa shape index (κ1) is 28.8. The van der Waals surface area contributed by atoms with Crippen molar-refractivity contribution in [2.75, 3.05) is 7.05 Å². The predicted octanol–water partition coefficient (Wildman–Crippen LogP) is 3.61. The highest BCUT2D eigenvalue weighted by atomic mass is 16.6. The standard InChI is InChI=1S/C30H34N6O6/c1-6-9-24-31-26(30(3,4)39)25(28(37)40-17-23-18(2)41-29(38)42-23)36(24)16-19-12-14-20(15-13-19)21-10-7-8-11-22(21)27-32-34-35(5)33-27/h7-8,10-15,34,39H,6,9,16-17H2,1-5H3,(H,32,33). The molecule has 12 heteroatoms. The summed E-state index contributed by atoms with van der Waals surface area (Å²) < 4.78 is 17.2. The summed E-state index contributed by atoms with van der Waals surface area (Å²) in [5.41, 5.74) is 8.88. The molecular weight excluding hydrogens is 540 g/mol. The topological polar surface area (TPSA) is 147 Å². The second kappa shape index (κ2) is 11.7. The molecule has 220 valence electrons. The molecule has 0 bridgehead atoms. The van der Waals surface area contributed by atoms with Crippen molar-refractivity contribution < 1.29 is 23.5 Å². The van der Waals surface area contributed by atoms with Crippen molar-refractivity contribution in [2.45, 2.75) is 59.3 Å². The van der Waals surface area contributed by atoms with Crippen LogP contribution in [-0.4, -0.2) is 38.6 Å². The van der Waals surface area contributed by atoms with Gasteiger partial charge in [0, 0.05) is 25.6 Å². The van der Waals surface area contributed by atoms with E-state index in [-0.39, 0.29) is 29.5 Å². The Hall–Kier alpha value is -4.68. The number of aliphatic hydroxyl groups is 1. The highest BCUT2D eigenvalue weighted by molar-refractivity contribution is 6.04. The Balaban J connectivity index is 1.46. The van der Waals surface area contributed by atoms with Crippen LogP contribution in [0.4, 0.5) is 0 Å². The van der Waals surface area contributed by atoms with Crippen LogP contribution in [-0.2, 0) is 29.9 Å². The van der Waals surface area contributed by atoms with Gasteiger partial charge in [0.2, 0.25) is 0 Å². The third kappa shape index (κ3) is 5.99. The van der Waals surface area contributed by atoms with Gasteiger partial charge in [0.25, 0.3) is 0 Å². The number of nitrogens with zero attached hydrogens (tertiary/aromatic N) is 4. The number of carbonyl (C=O) groups excluding carboxylic acids is 1. The van der Waals surface area contributed by atoms with E-state index in [2.05, 4.69) is 21.0 Å². The van der Waals surface area contributed by atoms with Crippen LogP contribution in [0.1, 0.15) is 71.8 Å². The summed E-state index contributed by atoms with van der Waals surface area (Å²) in [7, 11) is 1.83. The quantitative estimate of drug-likeness (QED) is 0.240. The average molecular weight is 575 g/mol. The second-order valence-corrected chi connectivity index (χ2v) is 10.6. The molecule has 2 aromatic heterocycles. The molecule has 0 fully saturated rings. The Labute approximate surface area is 242 Å². The van der Waals surface area contributed by atoms with Gasteiger partial charge in [0.1, 0.15) is 17.1 Å². The molecule has 1 aliphatic rings. The minimum atomic E-state index is -1.41. The fraction of sp³-hybridized carbons (Fsp3) is 0.333. The summed E-state index contributed by atoms with van der Waals surface area (Å²) in [6, 6.07) is 16.0. The molecule has 3 N–H and O–H groups in total. The molecule has 5 rings (SSSR count). The number of amidine groups is 1. The summed E-state index contributed by atoms with van der Waals surface area (Å²) in [5.74, 6) is 0.162. The highest BCUT2D eigenvalue weighted by Crippen LogP contribution is 2.29. The number of rotatable bonds is 10. The molecule has 0 amide bonds. The predicted molar refractivity (Wildman–Crippen MR) is 154 cm³/mol. The lowest BCUT2D eigenvalue weighted by molar-refractivity contribution is 0.0395. The van der Waals surface area contributed by atoms with Crippen LogP contribution >= 0.6 is 0 Å². The van der Waals surface area contributed by atoms with Crippen molar-refractivity contribution >= 4 is 11.8 Å². The Bertz CT molecular complexity index is 1680. The molecule has 12 nitrogen and oxygen atoms in total. The Kier molecular flexibility index (Phi) is 8.01. The summed E-state index contributed by atoms with van der Waals surface area (Å²) >= 11 is 0. The first-order valence-electron chi connectivity index (χ1n) is 13.7. The zero-order valence-corrected chi connectivity index (χ0v) is 24.2. The number of benzene rings is 2. The van der Waals surface area contributed by atoms with Gasteiger partial charge in [-0.05, 0) is 43.9 Å². The molecule has 0 atom stereocenters. The number of esters is 1. The molecule has 1 aliphatic heterocycles. The van der Waals surface area contributed by atoms with E-state index in [0.717, 1.165) is 28.7 Å². The maximum Gasteiger partial charge on any atom is 0.519 e. The van der Waals surface area contributed by atoms with E-state index in [4.69, 9.17) is 13.6 Å². The molecule has 0 radical (unpaired) electrons. The van der Waals surface area contributed by atoms with Crippen molar-refractivity contribution in [2.24, 2.45) is 5.10 Å². The van der Waals surface area contributed by atoms with Crippen molar-refractivity contribution in [1.82, 2.24) is 25.6 Å². The number of hydrogen-bond acceptors (Lipinski definition) is 11. The highest BCUT2D eigenvalue weighted by Gasteiger charge is 2.33. The third-order valence-electron chi connectivity index (χ3n) is 6.84. The van der Waals surface area contributed by atoms with Gasteiger partial charge in [-0.15, -0.1) is 10.2 Å². The number of hydrazone groups is 1. The number of nitrogens with one attached hydrogen (secondary N) is 2. The molecule has 0 unspecified atom stereocenters.